The van der Waals surface area contributed by atoms with Crippen LogP contribution >= 0.6 is 11.6 Å². The predicted octanol–water partition coefficient (Wildman–Crippen LogP) is 4.77. The smallest absolute Gasteiger partial charge is 0.278 e. The lowest BCUT2D eigenvalue weighted by atomic mass is 9.88. The number of likely N-dealkylation sites (tertiary alicyclic amines) is 1. The molecule has 2 aromatic heterocycles. The van der Waals surface area contributed by atoms with Crippen LogP contribution in [0.15, 0.2) is 47.6 Å². The van der Waals surface area contributed by atoms with Gasteiger partial charge in [-0.3, -0.25) is 4.90 Å². The number of methoxy groups -OCH3 is 1. The summed E-state index contributed by atoms with van der Waals surface area (Å²) in [7, 11) is 1.67. The standard InChI is InChI=1S/C30H33ClFN7O4/c1-17(41-3)15-39-26(34-24-14-23(28(33)37-40)35-36-29(24)39)16-38-11-9-18(10-12-38)20-5-4-6-25-27(20)43-30(2,42-25)21-8-7-19(31)13-22(21)32/h4-8,13-14,17-18,40H,9-12,15-16H2,1-3H3,(H2,33,37)/t17?,30-/m0/s1. The van der Waals surface area contributed by atoms with E-state index in [1.54, 1.807) is 32.2 Å². The molecule has 0 bridgehead atoms. The highest BCUT2D eigenvalue weighted by molar-refractivity contribution is 6.30. The molecule has 0 aliphatic carbocycles. The topological polar surface area (TPSA) is 133 Å². The number of piperidine rings is 1. The van der Waals surface area contributed by atoms with Gasteiger partial charge >= 0.3 is 0 Å². The molecule has 4 aromatic rings. The number of fused-ring (bicyclic) bond motifs is 2. The second-order valence-electron chi connectivity index (χ2n) is 11.1. The zero-order chi connectivity index (χ0) is 30.3. The summed E-state index contributed by atoms with van der Waals surface area (Å²) in [5, 5.41) is 20.8. The Hall–Kier alpha value is -4.00. The van der Waals surface area contributed by atoms with Gasteiger partial charge in [0, 0.05) is 24.6 Å². The lowest BCUT2D eigenvalue weighted by molar-refractivity contribution is -0.0712. The molecule has 11 nitrogen and oxygen atoms in total. The van der Waals surface area contributed by atoms with E-state index < -0.39 is 11.6 Å². The first-order valence-corrected chi connectivity index (χ1v) is 14.5. The number of hydrogen-bond donors (Lipinski definition) is 2. The van der Waals surface area contributed by atoms with Crippen molar-refractivity contribution in [3.05, 3.63) is 75.9 Å². The van der Waals surface area contributed by atoms with Gasteiger partial charge in [-0.05, 0) is 69.1 Å². The molecule has 1 unspecified atom stereocenters. The van der Waals surface area contributed by atoms with Crippen LogP contribution < -0.4 is 15.2 Å². The number of oxime groups is 1. The van der Waals surface area contributed by atoms with E-state index in [-0.39, 0.29) is 23.6 Å². The number of amidine groups is 1. The molecular weight excluding hydrogens is 577 g/mol. The fraction of sp³-hybridized carbons (Fsp3) is 0.400. The summed E-state index contributed by atoms with van der Waals surface area (Å²) >= 11 is 5.97. The first-order valence-electron chi connectivity index (χ1n) is 14.1. The molecule has 4 heterocycles. The van der Waals surface area contributed by atoms with Crippen LogP contribution in [0.2, 0.25) is 5.02 Å². The zero-order valence-electron chi connectivity index (χ0n) is 24.1. The number of ether oxygens (including phenoxy) is 3. The van der Waals surface area contributed by atoms with E-state index in [1.165, 1.54) is 6.07 Å². The highest BCUT2D eigenvalue weighted by Crippen LogP contribution is 2.49. The molecule has 0 spiro atoms. The Labute approximate surface area is 253 Å². The fourth-order valence-electron chi connectivity index (χ4n) is 5.83. The van der Waals surface area contributed by atoms with Crippen molar-refractivity contribution in [2.45, 2.75) is 57.6 Å². The van der Waals surface area contributed by atoms with Gasteiger partial charge in [-0.1, -0.05) is 28.9 Å². The van der Waals surface area contributed by atoms with Crippen molar-refractivity contribution in [3.63, 3.8) is 0 Å². The molecule has 3 N–H and O–H groups in total. The zero-order valence-corrected chi connectivity index (χ0v) is 24.9. The molecule has 2 aliphatic heterocycles. The van der Waals surface area contributed by atoms with E-state index in [0.29, 0.717) is 46.3 Å². The lowest BCUT2D eigenvalue weighted by Crippen LogP contribution is -2.34. The van der Waals surface area contributed by atoms with E-state index in [2.05, 4.69) is 26.3 Å². The van der Waals surface area contributed by atoms with Crippen molar-refractivity contribution in [2.75, 3.05) is 20.2 Å². The van der Waals surface area contributed by atoms with E-state index >= 15 is 0 Å². The highest BCUT2D eigenvalue weighted by Gasteiger charge is 2.43. The van der Waals surface area contributed by atoms with Crippen molar-refractivity contribution >= 4 is 28.6 Å². The Kier molecular flexibility index (Phi) is 7.84. The Morgan fingerprint density at radius 3 is 2.74 bits per heavy atom. The predicted molar refractivity (Wildman–Crippen MR) is 158 cm³/mol. The number of hydrogen-bond acceptors (Lipinski definition) is 9. The minimum absolute atomic E-state index is 0.0677. The molecule has 2 atom stereocenters. The van der Waals surface area contributed by atoms with Crippen LogP contribution in [0.4, 0.5) is 4.39 Å². The van der Waals surface area contributed by atoms with Crippen molar-refractivity contribution in [1.82, 2.24) is 24.6 Å². The molecule has 1 saturated heterocycles. The lowest BCUT2D eigenvalue weighted by Gasteiger charge is -2.32. The number of imidazole rings is 1. The summed E-state index contributed by atoms with van der Waals surface area (Å²) in [5.41, 5.74) is 8.56. The number of halogens is 2. The van der Waals surface area contributed by atoms with Gasteiger partial charge in [0.1, 0.15) is 22.9 Å². The van der Waals surface area contributed by atoms with E-state index in [0.717, 1.165) is 37.3 Å². The van der Waals surface area contributed by atoms with Crippen LogP contribution in [-0.4, -0.2) is 62.0 Å². The number of nitrogens with two attached hydrogens (primary N) is 1. The van der Waals surface area contributed by atoms with Gasteiger partial charge in [-0.2, -0.15) is 0 Å². The first kappa shape index (κ1) is 29.1. The molecule has 0 radical (unpaired) electrons. The van der Waals surface area contributed by atoms with Crippen LogP contribution in [-0.2, 0) is 23.6 Å². The molecule has 0 saturated carbocycles. The van der Waals surface area contributed by atoms with Crippen molar-refractivity contribution < 1.29 is 23.8 Å². The minimum atomic E-state index is -1.29. The first-order chi connectivity index (χ1) is 20.7. The van der Waals surface area contributed by atoms with Crippen LogP contribution in [0, 0.1) is 5.82 Å². The number of para-hydroxylation sites is 1. The van der Waals surface area contributed by atoms with Crippen LogP contribution in [0.3, 0.4) is 0 Å². The van der Waals surface area contributed by atoms with Gasteiger partial charge in [0.25, 0.3) is 5.79 Å². The number of nitrogens with zero attached hydrogens (tertiary/aromatic N) is 6. The Morgan fingerprint density at radius 2 is 2.02 bits per heavy atom. The third-order valence-electron chi connectivity index (χ3n) is 8.21. The Morgan fingerprint density at radius 1 is 1.23 bits per heavy atom. The van der Waals surface area contributed by atoms with Crippen molar-refractivity contribution in [3.8, 4) is 11.5 Å². The molecule has 1 fully saturated rings. The summed E-state index contributed by atoms with van der Waals surface area (Å²) in [6, 6.07) is 12.0. The minimum Gasteiger partial charge on any atom is -0.444 e. The van der Waals surface area contributed by atoms with Gasteiger partial charge < -0.3 is 29.7 Å². The van der Waals surface area contributed by atoms with Crippen molar-refractivity contribution in [1.29, 1.82) is 0 Å². The molecule has 2 aliphatic rings. The monoisotopic (exact) mass is 609 g/mol. The van der Waals surface area contributed by atoms with Crippen molar-refractivity contribution in [2.24, 2.45) is 10.9 Å². The fourth-order valence-corrected chi connectivity index (χ4v) is 5.99. The summed E-state index contributed by atoms with van der Waals surface area (Å²) in [6.07, 6.45) is 1.73. The normalized spacial score (nSPS) is 20.2. The van der Waals surface area contributed by atoms with Gasteiger partial charge in [-0.25, -0.2) is 9.37 Å². The molecule has 6 rings (SSSR count). The average Bonchev–Trinajstić information content (AvgIpc) is 3.53. The SMILES string of the molecule is COC(C)Cn1c(CN2CCC(c3cccc4c3O[C@@](C)(c3ccc(Cl)cc3F)O4)CC2)nc2cc(C(N)=NO)nnc21. The summed E-state index contributed by atoms with van der Waals surface area (Å²) < 4.78 is 34.9. The van der Waals surface area contributed by atoms with E-state index in [9.17, 15) is 4.39 Å². The molecule has 2 aromatic carbocycles. The maximum atomic E-state index is 14.8. The van der Waals surface area contributed by atoms with E-state index in [1.807, 2.05) is 23.6 Å². The molecule has 226 valence electrons. The van der Waals surface area contributed by atoms with Gasteiger partial charge in [0.2, 0.25) is 0 Å². The van der Waals surface area contributed by atoms with Crippen LogP contribution in [0.5, 0.6) is 11.5 Å². The van der Waals surface area contributed by atoms with Crippen LogP contribution in [0.25, 0.3) is 11.2 Å². The van der Waals surface area contributed by atoms with Gasteiger partial charge in [0.15, 0.2) is 23.0 Å². The summed E-state index contributed by atoms with van der Waals surface area (Å²) in [5.74, 6) is 0.449. The largest absolute Gasteiger partial charge is 0.444 e. The summed E-state index contributed by atoms with van der Waals surface area (Å²) in [6.45, 7) is 6.54. The maximum absolute atomic E-state index is 14.8. The number of benzene rings is 2. The second-order valence-corrected chi connectivity index (χ2v) is 11.5. The van der Waals surface area contributed by atoms with E-state index in [4.69, 9.17) is 41.7 Å². The third kappa shape index (κ3) is 5.57. The molecule has 0 amide bonds. The van der Waals surface area contributed by atoms with Gasteiger partial charge in [-0.15, -0.1) is 10.2 Å². The quantitative estimate of drug-likeness (QED) is 0.125. The molecular formula is C30H33ClFN7O4. The Bertz CT molecular complexity index is 1690. The molecule has 43 heavy (non-hydrogen) atoms. The maximum Gasteiger partial charge on any atom is 0.278 e. The number of aromatic nitrogens is 4. The molecule has 13 heteroatoms. The third-order valence-corrected chi connectivity index (χ3v) is 8.44. The highest BCUT2D eigenvalue weighted by atomic mass is 35.5. The number of rotatable bonds is 8. The van der Waals surface area contributed by atoms with Gasteiger partial charge in [0.05, 0.1) is 24.8 Å². The average molecular weight is 610 g/mol. The Balaban J connectivity index is 1.19. The second kappa shape index (κ2) is 11.6. The van der Waals surface area contributed by atoms with Crippen LogP contribution in [0.1, 0.15) is 55.3 Å². The summed E-state index contributed by atoms with van der Waals surface area (Å²) in [4.78, 5) is 7.21.